The molecular formula is C11H17NO3. The SMILES string of the molecule is C[C@@H](NCC1CCOCO1)c1ccco1. The fourth-order valence-corrected chi connectivity index (χ4v) is 1.61. The van der Waals surface area contributed by atoms with Crippen LogP contribution in [0.4, 0.5) is 0 Å². The molecule has 1 aromatic rings. The Morgan fingerprint density at radius 1 is 1.60 bits per heavy atom. The number of hydrogen-bond acceptors (Lipinski definition) is 4. The summed E-state index contributed by atoms with van der Waals surface area (Å²) >= 11 is 0. The number of ether oxygens (including phenoxy) is 2. The molecule has 0 aromatic carbocycles. The van der Waals surface area contributed by atoms with E-state index in [0.29, 0.717) is 6.79 Å². The van der Waals surface area contributed by atoms with E-state index in [2.05, 4.69) is 12.2 Å². The molecule has 1 unspecified atom stereocenters. The van der Waals surface area contributed by atoms with Crippen LogP contribution in [0, 0.1) is 0 Å². The van der Waals surface area contributed by atoms with E-state index in [9.17, 15) is 0 Å². The van der Waals surface area contributed by atoms with Gasteiger partial charge >= 0.3 is 0 Å². The summed E-state index contributed by atoms with van der Waals surface area (Å²) in [5, 5.41) is 3.38. The summed E-state index contributed by atoms with van der Waals surface area (Å²) < 4.78 is 15.8. The maximum Gasteiger partial charge on any atom is 0.147 e. The van der Waals surface area contributed by atoms with Crippen molar-refractivity contribution >= 4 is 0 Å². The Kier molecular flexibility index (Phi) is 3.77. The van der Waals surface area contributed by atoms with Crippen LogP contribution in [0.25, 0.3) is 0 Å². The minimum Gasteiger partial charge on any atom is -0.468 e. The second kappa shape index (κ2) is 5.30. The lowest BCUT2D eigenvalue weighted by atomic mass is 10.2. The van der Waals surface area contributed by atoms with E-state index in [1.165, 1.54) is 0 Å². The van der Waals surface area contributed by atoms with E-state index in [4.69, 9.17) is 13.9 Å². The van der Waals surface area contributed by atoms with Crippen molar-refractivity contribution in [1.29, 1.82) is 0 Å². The molecule has 1 saturated heterocycles. The summed E-state index contributed by atoms with van der Waals surface area (Å²) in [6, 6.07) is 4.10. The van der Waals surface area contributed by atoms with E-state index in [0.717, 1.165) is 25.3 Å². The van der Waals surface area contributed by atoms with Gasteiger partial charge in [0.15, 0.2) is 0 Å². The molecule has 4 nitrogen and oxygen atoms in total. The van der Waals surface area contributed by atoms with Gasteiger partial charge < -0.3 is 19.2 Å². The van der Waals surface area contributed by atoms with Gasteiger partial charge in [-0.1, -0.05) is 0 Å². The molecule has 1 aliphatic rings. The summed E-state index contributed by atoms with van der Waals surface area (Å²) in [6.45, 7) is 4.13. The Morgan fingerprint density at radius 3 is 3.20 bits per heavy atom. The molecule has 84 valence electrons. The first-order valence-electron chi connectivity index (χ1n) is 5.32. The summed E-state index contributed by atoms with van der Waals surface area (Å²) in [7, 11) is 0. The van der Waals surface area contributed by atoms with Crippen LogP contribution in [0.5, 0.6) is 0 Å². The minimum atomic E-state index is 0.228. The maximum atomic E-state index is 5.43. The average Bonchev–Trinajstić information content (AvgIpc) is 2.81. The Hall–Kier alpha value is -0.840. The first kappa shape index (κ1) is 10.7. The average molecular weight is 211 g/mol. The Morgan fingerprint density at radius 2 is 2.53 bits per heavy atom. The Labute approximate surface area is 89.6 Å². The lowest BCUT2D eigenvalue weighted by Gasteiger charge is -2.24. The van der Waals surface area contributed by atoms with Crippen LogP contribution >= 0.6 is 0 Å². The predicted octanol–water partition coefficient (Wildman–Crippen LogP) is 1.69. The molecule has 0 saturated carbocycles. The lowest BCUT2D eigenvalue weighted by Crippen LogP contribution is -2.35. The van der Waals surface area contributed by atoms with E-state index in [-0.39, 0.29) is 12.1 Å². The molecule has 15 heavy (non-hydrogen) atoms. The largest absolute Gasteiger partial charge is 0.468 e. The van der Waals surface area contributed by atoms with Gasteiger partial charge in [0.1, 0.15) is 12.6 Å². The van der Waals surface area contributed by atoms with Crippen molar-refractivity contribution in [1.82, 2.24) is 5.32 Å². The molecular weight excluding hydrogens is 194 g/mol. The van der Waals surface area contributed by atoms with Crippen LogP contribution in [0.15, 0.2) is 22.8 Å². The highest BCUT2D eigenvalue weighted by Crippen LogP contribution is 2.13. The van der Waals surface area contributed by atoms with Gasteiger partial charge in [-0.15, -0.1) is 0 Å². The standard InChI is InChI=1S/C11H17NO3/c1-9(11-3-2-5-14-11)12-7-10-4-6-13-8-15-10/h2-3,5,9-10,12H,4,6-8H2,1H3/t9-,10?/m1/s1. The van der Waals surface area contributed by atoms with Crippen LogP contribution in [-0.4, -0.2) is 26.0 Å². The molecule has 2 atom stereocenters. The molecule has 1 N–H and O–H groups in total. The quantitative estimate of drug-likeness (QED) is 0.823. The first-order valence-corrected chi connectivity index (χ1v) is 5.32. The highest BCUT2D eigenvalue weighted by molar-refractivity contribution is 5.02. The van der Waals surface area contributed by atoms with Gasteiger partial charge in [-0.3, -0.25) is 0 Å². The molecule has 1 aromatic heterocycles. The molecule has 0 bridgehead atoms. The third kappa shape index (κ3) is 3.06. The van der Waals surface area contributed by atoms with Crippen molar-refractivity contribution in [2.45, 2.75) is 25.5 Å². The molecule has 0 spiro atoms. The number of hydrogen-bond donors (Lipinski definition) is 1. The number of nitrogens with one attached hydrogen (secondary N) is 1. The predicted molar refractivity (Wildman–Crippen MR) is 55.4 cm³/mol. The van der Waals surface area contributed by atoms with Gasteiger partial charge in [-0.25, -0.2) is 0 Å². The van der Waals surface area contributed by atoms with E-state index in [1.54, 1.807) is 6.26 Å². The van der Waals surface area contributed by atoms with Crippen molar-refractivity contribution in [2.24, 2.45) is 0 Å². The third-order valence-electron chi connectivity index (χ3n) is 2.59. The molecule has 1 fully saturated rings. The number of furan rings is 1. The van der Waals surface area contributed by atoms with Crippen LogP contribution in [0.1, 0.15) is 25.1 Å². The fourth-order valence-electron chi connectivity index (χ4n) is 1.61. The Balaban J connectivity index is 1.73. The van der Waals surface area contributed by atoms with Gasteiger partial charge in [0.05, 0.1) is 25.0 Å². The third-order valence-corrected chi connectivity index (χ3v) is 2.59. The van der Waals surface area contributed by atoms with E-state index >= 15 is 0 Å². The Bertz CT molecular complexity index is 267. The molecule has 2 rings (SSSR count). The van der Waals surface area contributed by atoms with E-state index in [1.807, 2.05) is 12.1 Å². The van der Waals surface area contributed by atoms with Gasteiger partial charge in [0.2, 0.25) is 0 Å². The minimum absolute atomic E-state index is 0.228. The van der Waals surface area contributed by atoms with Crippen molar-refractivity contribution in [3.05, 3.63) is 24.2 Å². The van der Waals surface area contributed by atoms with Crippen LogP contribution < -0.4 is 5.32 Å². The maximum absolute atomic E-state index is 5.43. The van der Waals surface area contributed by atoms with Crippen LogP contribution in [-0.2, 0) is 9.47 Å². The highest BCUT2D eigenvalue weighted by atomic mass is 16.7. The molecule has 2 heterocycles. The molecule has 0 amide bonds. The van der Waals surface area contributed by atoms with Crippen molar-refractivity contribution < 1.29 is 13.9 Å². The smallest absolute Gasteiger partial charge is 0.147 e. The second-order valence-electron chi connectivity index (χ2n) is 3.75. The van der Waals surface area contributed by atoms with Crippen molar-refractivity contribution in [3.8, 4) is 0 Å². The monoisotopic (exact) mass is 211 g/mol. The summed E-state index contributed by atoms with van der Waals surface area (Å²) in [4.78, 5) is 0. The van der Waals surface area contributed by atoms with Gasteiger partial charge in [-0.05, 0) is 25.5 Å². The van der Waals surface area contributed by atoms with Crippen LogP contribution in [0.3, 0.4) is 0 Å². The lowest BCUT2D eigenvalue weighted by molar-refractivity contribution is -0.137. The van der Waals surface area contributed by atoms with Crippen LogP contribution in [0.2, 0.25) is 0 Å². The molecule has 4 heteroatoms. The molecule has 0 aliphatic carbocycles. The zero-order chi connectivity index (χ0) is 10.5. The number of rotatable bonds is 4. The summed E-state index contributed by atoms with van der Waals surface area (Å²) in [5.41, 5.74) is 0. The molecule has 0 radical (unpaired) electrons. The normalized spacial score (nSPS) is 23.9. The summed E-state index contributed by atoms with van der Waals surface area (Å²) in [5.74, 6) is 0.960. The highest BCUT2D eigenvalue weighted by Gasteiger charge is 2.15. The van der Waals surface area contributed by atoms with Crippen molar-refractivity contribution in [2.75, 3.05) is 19.9 Å². The zero-order valence-electron chi connectivity index (χ0n) is 8.94. The summed E-state index contributed by atoms with van der Waals surface area (Å²) in [6.07, 6.45) is 2.91. The van der Waals surface area contributed by atoms with Gasteiger partial charge in [0, 0.05) is 6.54 Å². The fraction of sp³-hybridized carbons (Fsp3) is 0.636. The molecule has 1 aliphatic heterocycles. The van der Waals surface area contributed by atoms with Gasteiger partial charge in [-0.2, -0.15) is 0 Å². The zero-order valence-corrected chi connectivity index (χ0v) is 8.94. The first-order chi connectivity index (χ1) is 7.36. The second-order valence-corrected chi connectivity index (χ2v) is 3.75. The topological polar surface area (TPSA) is 43.6 Å². The van der Waals surface area contributed by atoms with Gasteiger partial charge in [0.25, 0.3) is 0 Å². The van der Waals surface area contributed by atoms with Crippen molar-refractivity contribution in [3.63, 3.8) is 0 Å². The van der Waals surface area contributed by atoms with E-state index < -0.39 is 0 Å².